The second-order valence-corrected chi connectivity index (χ2v) is 7.17. The molecule has 3 aromatic heterocycles. The molecule has 132 valence electrons. The van der Waals surface area contributed by atoms with Crippen LogP contribution < -0.4 is 5.69 Å². The maximum absolute atomic E-state index is 12.6. The second-order valence-electron chi connectivity index (χ2n) is 7.17. The van der Waals surface area contributed by atoms with E-state index in [4.69, 9.17) is 0 Å². The summed E-state index contributed by atoms with van der Waals surface area (Å²) in [4.78, 5) is 36.9. The minimum atomic E-state index is -1.41. The van der Waals surface area contributed by atoms with Crippen LogP contribution in [0, 0.1) is 0 Å². The summed E-state index contributed by atoms with van der Waals surface area (Å²) in [5, 5.41) is 10.9. The van der Waals surface area contributed by atoms with Crippen molar-refractivity contribution in [2.45, 2.75) is 38.3 Å². The highest BCUT2D eigenvalue weighted by Gasteiger charge is 2.34. The number of aromatic nitrogens is 4. The molecule has 0 aromatic carbocycles. The van der Waals surface area contributed by atoms with Gasteiger partial charge in [-0.3, -0.25) is 9.36 Å². The molecule has 1 amide bonds. The first-order valence-corrected chi connectivity index (χ1v) is 8.44. The molecule has 25 heavy (non-hydrogen) atoms. The number of hydrogen-bond donors (Lipinski definition) is 3. The van der Waals surface area contributed by atoms with Crippen LogP contribution in [0.3, 0.4) is 0 Å². The van der Waals surface area contributed by atoms with Gasteiger partial charge in [0.2, 0.25) is 0 Å². The van der Waals surface area contributed by atoms with Crippen LogP contribution in [0.25, 0.3) is 22.1 Å². The van der Waals surface area contributed by atoms with Crippen molar-refractivity contribution in [3.8, 4) is 0 Å². The minimum Gasteiger partial charge on any atom is -0.381 e. The van der Waals surface area contributed by atoms with Gasteiger partial charge in [-0.1, -0.05) is 0 Å². The summed E-state index contributed by atoms with van der Waals surface area (Å²) in [6.45, 7) is 3.99. The van der Waals surface area contributed by atoms with Crippen LogP contribution in [-0.2, 0) is 4.79 Å². The van der Waals surface area contributed by atoms with Gasteiger partial charge in [-0.2, -0.15) is 0 Å². The Hall–Kier alpha value is -2.61. The lowest BCUT2D eigenvalue weighted by Crippen LogP contribution is -2.50. The first-order chi connectivity index (χ1) is 11.9. The Morgan fingerprint density at radius 3 is 3.00 bits per heavy atom. The monoisotopic (exact) mass is 343 g/mol. The first-order valence-electron chi connectivity index (χ1n) is 8.44. The van der Waals surface area contributed by atoms with Gasteiger partial charge in [0.1, 0.15) is 11.2 Å². The zero-order chi connectivity index (χ0) is 17.8. The van der Waals surface area contributed by atoms with E-state index in [0.29, 0.717) is 18.6 Å². The lowest BCUT2D eigenvalue weighted by atomic mass is 10.0. The Balaban J connectivity index is 1.79. The minimum absolute atomic E-state index is 0.137. The molecule has 0 saturated carbocycles. The van der Waals surface area contributed by atoms with Gasteiger partial charge in [0.15, 0.2) is 0 Å². The van der Waals surface area contributed by atoms with Gasteiger partial charge in [0.05, 0.1) is 23.3 Å². The Morgan fingerprint density at radius 1 is 1.44 bits per heavy atom. The standard InChI is InChI=1S/C17H21N5O3/c1-17(2,25)15(23)21-7-3-4-10(9-21)22-13-11-5-6-18-14(11)19-8-12(13)20-16(22)24/h5-6,8,10,25H,3-4,7,9H2,1-2H3,(H,18,19)(H,20,24)/t10-/m1/s1. The number of piperidine rings is 1. The third-order valence-electron chi connectivity index (χ3n) is 4.83. The maximum atomic E-state index is 12.6. The first kappa shape index (κ1) is 15.9. The molecular formula is C17H21N5O3. The molecule has 3 aromatic rings. The second kappa shape index (κ2) is 5.45. The van der Waals surface area contributed by atoms with Gasteiger partial charge in [-0.05, 0) is 32.8 Å². The number of likely N-dealkylation sites (tertiary alicyclic amines) is 1. The van der Waals surface area contributed by atoms with Gasteiger partial charge in [0.25, 0.3) is 5.91 Å². The molecule has 8 heteroatoms. The average Bonchev–Trinajstić information content (AvgIpc) is 3.16. The SMILES string of the molecule is CC(C)(O)C(=O)N1CCC[C@@H](n2c(=O)[nH]c3cnc4[nH]ccc4c32)C1. The highest BCUT2D eigenvalue weighted by molar-refractivity contribution is 6.01. The number of nitrogens with one attached hydrogen (secondary N) is 2. The molecule has 0 spiro atoms. The smallest absolute Gasteiger partial charge is 0.326 e. The molecule has 4 rings (SSSR count). The topological polar surface area (TPSA) is 107 Å². The van der Waals surface area contributed by atoms with Crippen molar-refractivity contribution >= 4 is 28.0 Å². The molecule has 1 saturated heterocycles. The van der Waals surface area contributed by atoms with Crippen LogP contribution in [0.5, 0.6) is 0 Å². The largest absolute Gasteiger partial charge is 0.381 e. The van der Waals surface area contributed by atoms with Crippen LogP contribution in [0.4, 0.5) is 0 Å². The number of carbonyl (C=O) groups excluding carboxylic acids is 1. The van der Waals surface area contributed by atoms with E-state index in [1.54, 1.807) is 21.9 Å². The van der Waals surface area contributed by atoms with E-state index in [1.807, 2.05) is 6.07 Å². The van der Waals surface area contributed by atoms with Crippen molar-refractivity contribution in [3.63, 3.8) is 0 Å². The van der Waals surface area contributed by atoms with Gasteiger partial charge in [-0.25, -0.2) is 9.78 Å². The summed E-state index contributed by atoms with van der Waals surface area (Å²) in [6.07, 6.45) is 5.03. The number of carbonyl (C=O) groups is 1. The molecule has 0 unspecified atom stereocenters. The van der Waals surface area contributed by atoms with Gasteiger partial charge in [0, 0.05) is 24.7 Å². The van der Waals surface area contributed by atoms with E-state index in [2.05, 4.69) is 15.0 Å². The summed E-state index contributed by atoms with van der Waals surface area (Å²) < 4.78 is 1.73. The van der Waals surface area contributed by atoms with E-state index in [1.165, 1.54) is 13.8 Å². The fourth-order valence-electron chi connectivity index (χ4n) is 3.71. The van der Waals surface area contributed by atoms with Crippen LogP contribution in [0.1, 0.15) is 32.7 Å². The molecule has 1 atom stereocenters. The summed E-state index contributed by atoms with van der Waals surface area (Å²) >= 11 is 0. The number of hydrogen-bond acceptors (Lipinski definition) is 4. The molecule has 8 nitrogen and oxygen atoms in total. The van der Waals surface area contributed by atoms with Crippen molar-refractivity contribution < 1.29 is 9.90 Å². The lowest BCUT2D eigenvalue weighted by Gasteiger charge is -2.36. The molecule has 1 fully saturated rings. The number of H-pyrrole nitrogens is 2. The number of pyridine rings is 1. The van der Waals surface area contributed by atoms with Crippen LogP contribution >= 0.6 is 0 Å². The van der Waals surface area contributed by atoms with E-state index in [0.717, 1.165) is 29.4 Å². The number of nitrogens with zero attached hydrogens (tertiary/aromatic N) is 3. The van der Waals surface area contributed by atoms with Crippen molar-refractivity contribution in [2.75, 3.05) is 13.1 Å². The summed E-state index contributed by atoms with van der Waals surface area (Å²) in [5.41, 5.74) is 0.598. The highest BCUT2D eigenvalue weighted by atomic mass is 16.3. The number of imidazole rings is 1. The third kappa shape index (κ3) is 2.53. The summed E-state index contributed by atoms with van der Waals surface area (Å²) in [5.74, 6) is -0.307. The summed E-state index contributed by atoms with van der Waals surface area (Å²) in [7, 11) is 0. The zero-order valence-electron chi connectivity index (χ0n) is 14.2. The van der Waals surface area contributed by atoms with Gasteiger partial charge >= 0.3 is 5.69 Å². The maximum Gasteiger partial charge on any atom is 0.326 e. The Kier molecular flexibility index (Phi) is 3.47. The van der Waals surface area contributed by atoms with Crippen molar-refractivity contribution in [1.29, 1.82) is 0 Å². The van der Waals surface area contributed by atoms with Crippen LogP contribution in [-0.4, -0.2) is 54.1 Å². The van der Waals surface area contributed by atoms with E-state index >= 15 is 0 Å². The lowest BCUT2D eigenvalue weighted by molar-refractivity contribution is -0.149. The third-order valence-corrected chi connectivity index (χ3v) is 4.83. The number of amides is 1. The van der Waals surface area contributed by atoms with Crippen LogP contribution in [0.15, 0.2) is 23.3 Å². The van der Waals surface area contributed by atoms with Gasteiger partial charge in [-0.15, -0.1) is 0 Å². The van der Waals surface area contributed by atoms with Crippen molar-refractivity contribution in [2.24, 2.45) is 0 Å². The molecule has 0 bridgehead atoms. The molecule has 3 N–H and O–H groups in total. The fourth-order valence-corrected chi connectivity index (χ4v) is 3.71. The summed E-state index contributed by atoms with van der Waals surface area (Å²) in [6, 6.07) is 1.76. The number of aromatic amines is 2. The fraction of sp³-hybridized carbons (Fsp3) is 0.471. The predicted molar refractivity (Wildman–Crippen MR) is 93.4 cm³/mol. The Morgan fingerprint density at radius 2 is 2.24 bits per heavy atom. The van der Waals surface area contributed by atoms with E-state index in [-0.39, 0.29) is 17.6 Å². The van der Waals surface area contributed by atoms with Crippen molar-refractivity contribution in [1.82, 2.24) is 24.4 Å². The normalized spacial score (nSPS) is 19.0. The molecule has 1 aliphatic heterocycles. The Labute approximate surface area is 143 Å². The molecular weight excluding hydrogens is 322 g/mol. The number of fused-ring (bicyclic) bond motifs is 3. The average molecular weight is 343 g/mol. The molecule has 1 aliphatic rings. The molecule has 0 radical (unpaired) electrons. The highest BCUT2D eigenvalue weighted by Crippen LogP contribution is 2.28. The van der Waals surface area contributed by atoms with Crippen molar-refractivity contribution in [3.05, 3.63) is 28.9 Å². The molecule has 4 heterocycles. The van der Waals surface area contributed by atoms with Gasteiger partial charge < -0.3 is 20.0 Å². The van der Waals surface area contributed by atoms with E-state index in [9.17, 15) is 14.7 Å². The van der Waals surface area contributed by atoms with Crippen LogP contribution in [0.2, 0.25) is 0 Å². The number of aliphatic hydroxyl groups is 1. The Bertz CT molecular complexity index is 1010. The quantitative estimate of drug-likeness (QED) is 0.648. The molecule has 0 aliphatic carbocycles. The zero-order valence-corrected chi connectivity index (χ0v) is 14.2. The predicted octanol–water partition coefficient (Wildman–Crippen LogP) is 1.14. The van der Waals surface area contributed by atoms with E-state index < -0.39 is 5.60 Å². The number of rotatable bonds is 2.